The zero-order valence-electron chi connectivity index (χ0n) is 7.62. The molecule has 0 spiro atoms. The summed E-state index contributed by atoms with van der Waals surface area (Å²) in [6.45, 7) is 0. The second-order valence-electron chi connectivity index (χ2n) is 2.99. The van der Waals surface area contributed by atoms with Crippen LogP contribution in [-0.4, -0.2) is 13.0 Å². The zero-order chi connectivity index (χ0) is 12.6. The molecule has 0 saturated heterocycles. The highest BCUT2D eigenvalue weighted by molar-refractivity contribution is 7.85. The van der Waals surface area contributed by atoms with E-state index in [-0.39, 0.29) is 0 Å². The highest BCUT2D eigenvalue weighted by Crippen LogP contribution is 2.33. The third-order valence-electron chi connectivity index (χ3n) is 1.75. The van der Waals surface area contributed by atoms with Crippen LogP contribution in [-0.2, 0) is 22.0 Å². The fraction of sp³-hybridized carbons (Fsp3) is 0.250. The third kappa shape index (κ3) is 3.17. The molecule has 0 atom stereocenters. The van der Waals surface area contributed by atoms with Crippen LogP contribution in [0.25, 0.3) is 0 Å². The van der Waals surface area contributed by atoms with E-state index in [2.05, 4.69) is 0 Å². The first-order chi connectivity index (χ1) is 7.11. The summed E-state index contributed by atoms with van der Waals surface area (Å²) in [6.07, 6.45) is -4.87. The van der Waals surface area contributed by atoms with Gasteiger partial charge in [-0.1, -0.05) is 6.07 Å². The molecule has 1 aromatic rings. The van der Waals surface area contributed by atoms with Crippen molar-refractivity contribution in [3.8, 4) is 0 Å². The summed E-state index contributed by atoms with van der Waals surface area (Å²) in [6, 6.07) is 2.05. The van der Waals surface area contributed by atoms with E-state index in [0.717, 1.165) is 6.07 Å². The molecule has 0 heterocycles. The standard InChI is InChI=1S/C8H6F4O3S/c9-7-3-1-2-6(8(10,11)12)5(7)4-16(13,14)15/h1-3H,4H2,(H,13,14,15). The SMILES string of the molecule is O=S(=O)(O)Cc1c(F)cccc1C(F)(F)F. The molecule has 0 bridgehead atoms. The van der Waals surface area contributed by atoms with Gasteiger partial charge in [-0.05, 0) is 12.1 Å². The molecule has 1 rings (SSSR count). The lowest BCUT2D eigenvalue weighted by Gasteiger charge is -2.12. The van der Waals surface area contributed by atoms with Gasteiger partial charge in [0.2, 0.25) is 0 Å². The van der Waals surface area contributed by atoms with Crippen LogP contribution in [0, 0.1) is 5.82 Å². The maximum absolute atomic E-state index is 13.0. The van der Waals surface area contributed by atoms with Crippen molar-refractivity contribution >= 4 is 10.1 Å². The van der Waals surface area contributed by atoms with E-state index in [9.17, 15) is 26.0 Å². The molecule has 0 saturated carbocycles. The average Bonchev–Trinajstić information content (AvgIpc) is 2.04. The summed E-state index contributed by atoms with van der Waals surface area (Å²) in [5.74, 6) is -2.73. The number of benzene rings is 1. The molecule has 0 aliphatic heterocycles. The van der Waals surface area contributed by atoms with Crippen molar-refractivity contribution in [2.24, 2.45) is 0 Å². The van der Waals surface area contributed by atoms with Crippen molar-refractivity contribution in [1.82, 2.24) is 0 Å². The first-order valence-electron chi connectivity index (χ1n) is 3.91. The maximum atomic E-state index is 13.0. The van der Waals surface area contributed by atoms with Gasteiger partial charge in [0.25, 0.3) is 10.1 Å². The fourth-order valence-corrected chi connectivity index (χ4v) is 1.81. The first kappa shape index (κ1) is 12.9. The van der Waals surface area contributed by atoms with E-state index >= 15 is 0 Å². The highest BCUT2D eigenvalue weighted by Gasteiger charge is 2.35. The molecule has 1 N–H and O–H groups in total. The molecule has 0 radical (unpaired) electrons. The van der Waals surface area contributed by atoms with Crippen molar-refractivity contribution in [2.75, 3.05) is 0 Å². The van der Waals surface area contributed by atoms with Gasteiger partial charge >= 0.3 is 6.18 Å². The maximum Gasteiger partial charge on any atom is 0.416 e. The minimum atomic E-state index is -4.87. The molecule has 0 fully saturated rings. The number of hydrogen-bond donors (Lipinski definition) is 1. The topological polar surface area (TPSA) is 54.4 Å². The third-order valence-corrected chi connectivity index (χ3v) is 2.40. The van der Waals surface area contributed by atoms with Gasteiger partial charge in [0.1, 0.15) is 11.6 Å². The van der Waals surface area contributed by atoms with Crippen molar-refractivity contribution < 1.29 is 30.5 Å². The lowest BCUT2D eigenvalue weighted by atomic mass is 10.1. The highest BCUT2D eigenvalue weighted by atomic mass is 32.2. The van der Waals surface area contributed by atoms with Gasteiger partial charge < -0.3 is 0 Å². The predicted octanol–water partition coefficient (Wildman–Crippen LogP) is 2.23. The van der Waals surface area contributed by atoms with Crippen LogP contribution < -0.4 is 0 Å². The van der Waals surface area contributed by atoms with E-state index in [1.807, 2.05) is 0 Å². The van der Waals surface area contributed by atoms with Crippen LogP contribution in [0.2, 0.25) is 0 Å². The summed E-state index contributed by atoms with van der Waals surface area (Å²) in [5, 5.41) is 0. The molecule has 0 aromatic heterocycles. The van der Waals surface area contributed by atoms with Crippen LogP contribution >= 0.6 is 0 Å². The Hall–Kier alpha value is -1.15. The van der Waals surface area contributed by atoms with Crippen LogP contribution in [0.4, 0.5) is 17.6 Å². The van der Waals surface area contributed by atoms with Crippen LogP contribution in [0.5, 0.6) is 0 Å². The van der Waals surface area contributed by atoms with Crippen LogP contribution in [0.1, 0.15) is 11.1 Å². The number of hydrogen-bond acceptors (Lipinski definition) is 2. The Labute approximate surface area is 88.5 Å². The van der Waals surface area contributed by atoms with Gasteiger partial charge in [0.15, 0.2) is 0 Å². The molecule has 0 amide bonds. The Kier molecular flexibility index (Phi) is 3.25. The molecular weight excluding hydrogens is 252 g/mol. The fourth-order valence-electron chi connectivity index (χ4n) is 1.15. The van der Waals surface area contributed by atoms with Crippen molar-refractivity contribution in [1.29, 1.82) is 0 Å². The first-order valence-corrected chi connectivity index (χ1v) is 5.52. The smallest absolute Gasteiger partial charge is 0.285 e. The van der Waals surface area contributed by atoms with Gasteiger partial charge in [-0.15, -0.1) is 0 Å². The molecule has 16 heavy (non-hydrogen) atoms. The van der Waals surface area contributed by atoms with E-state index in [4.69, 9.17) is 4.55 Å². The van der Waals surface area contributed by atoms with Gasteiger partial charge in [-0.25, -0.2) is 4.39 Å². The molecule has 1 aromatic carbocycles. The van der Waals surface area contributed by atoms with Crippen molar-refractivity contribution in [3.05, 3.63) is 35.1 Å². The number of rotatable bonds is 2. The summed E-state index contributed by atoms with van der Waals surface area (Å²) in [5.41, 5.74) is -2.50. The predicted molar refractivity (Wildman–Crippen MR) is 46.7 cm³/mol. The van der Waals surface area contributed by atoms with Gasteiger partial charge in [0.05, 0.1) is 5.56 Å². The molecule has 0 unspecified atom stereocenters. The van der Waals surface area contributed by atoms with Crippen molar-refractivity contribution in [2.45, 2.75) is 11.9 Å². The van der Waals surface area contributed by atoms with Crippen LogP contribution in [0.3, 0.4) is 0 Å². The molecular formula is C8H6F4O3S. The summed E-state index contributed by atoms with van der Waals surface area (Å²) in [7, 11) is -4.72. The Bertz CT molecular complexity index is 492. The lowest BCUT2D eigenvalue weighted by molar-refractivity contribution is -0.138. The van der Waals surface area contributed by atoms with Gasteiger partial charge in [-0.3, -0.25) is 4.55 Å². The summed E-state index contributed by atoms with van der Waals surface area (Å²) in [4.78, 5) is 0. The van der Waals surface area contributed by atoms with Crippen molar-refractivity contribution in [3.63, 3.8) is 0 Å². The molecule has 90 valence electrons. The monoisotopic (exact) mass is 258 g/mol. The zero-order valence-corrected chi connectivity index (χ0v) is 8.44. The molecule has 8 heteroatoms. The summed E-state index contributed by atoms with van der Waals surface area (Å²) >= 11 is 0. The van der Waals surface area contributed by atoms with Crippen LogP contribution in [0.15, 0.2) is 18.2 Å². The van der Waals surface area contributed by atoms with E-state index < -0.39 is 39.0 Å². The van der Waals surface area contributed by atoms with Gasteiger partial charge in [-0.2, -0.15) is 21.6 Å². The van der Waals surface area contributed by atoms with E-state index in [0.29, 0.717) is 12.1 Å². The normalized spacial score (nSPS) is 12.8. The van der Waals surface area contributed by atoms with E-state index in [1.165, 1.54) is 0 Å². The Morgan fingerprint density at radius 1 is 1.25 bits per heavy atom. The largest absolute Gasteiger partial charge is 0.416 e. The molecule has 3 nitrogen and oxygen atoms in total. The minimum Gasteiger partial charge on any atom is -0.285 e. The number of alkyl halides is 3. The molecule has 0 aliphatic carbocycles. The average molecular weight is 258 g/mol. The van der Waals surface area contributed by atoms with Gasteiger partial charge in [0, 0.05) is 5.56 Å². The summed E-state index contributed by atoms with van der Waals surface area (Å²) < 4.78 is 79.4. The Morgan fingerprint density at radius 3 is 2.25 bits per heavy atom. The number of halogens is 4. The lowest BCUT2D eigenvalue weighted by Crippen LogP contribution is -2.14. The Balaban J connectivity index is 3.36. The second-order valence-corrected chi connectivity index (χ2v) is 4.44. The molecule has 0 aliphatic rings. The minimum absolute atomic E-state index is 0.545. The Morgan fingerprint density at radius 2 is 1.81 bits per heavy atom. The second kappa shape index (κ2) is 4.02. The quantitative estimate of drug-likeness (QED) is 0.653. The van der Waals surface area contributed by atoms with E-state index in [1.54, 1.807) is 0 Å².